The van der Waals surface area contributed by atoms with E-state index < -0.39 is 0 Å². The summed E-state index contributed by atoms with van der Waals surface area (Å²) in [4.78, 5) is 9.81. The molecule has 2 heteroatoms. The fraction of sp³-hybridized carbons (Fsp3) is 0.879. The van der Waals surface area contributed by atoms with Crippen molar-refractivity contribution in [1.82, 2.24) is 9.97 Å². The van der Waals surface area contributed by atoms with E-state index in [0.29, 0.717) is 0 Å². The van der Waals surface area contributed by atoms with Crippen molar-refractivity contribution in [2.45, 2.75) is 162 Å². The first-order valence-electron chi connectivity index (χ1n) is 16.1. The summed E-state index contributed by atoms with van der Waals surface area (Å²) < 4.78 is 0. The van der Waals surface area contributed by atoms with E-state index in [1.807, 2.05) is 0 Å². The van der Waals surface area contributed by atoms with Gasteiger partial charge < -0.3 is 0 Å². The molecule has 0 aliphatic heterocycles. The second-order valence-corrected chi connectivity index (χ2v) is 12.3. The van der Waals surface area contributed by atoms with Crippen molar-refractivity contribution in [3.63, 3.8) is 0 Å². The number of nitrogens with zero attached hydrogens (tertiary/aromatic N) is 2. The van der Waals surface area contributed by atoms with Crippen LogP contribution in [0.5, 0.6) is 0 Å². The van der Waals surface area contributed by atoms with Crippen molar-refractivity contribution >= 4 is 0 Å². The van der Waals surface area contributed by atoms with Crippen LogP contribution in [0.4, 0.5) is 0 Å². The van der Waals surface area contributed by atoms with Crippen molar-refractivity contribution in [2.75, 3.05) is 0 Å². The molecule has 1 aromatic heterocycles. The lowest BCUT2D eigenvalue weighted by Crippen LogP contribution is -2.31. The minimum Gasteiger partial charge on any atom is -0.241 e. The van der Waals surface area contributed by atoms with Crippen molar-refractivity contribution in [2.24, 2.45) is 23.7 Å². The van der Waals surface area contributed by atoms with Crippen LogP contribution in [-0.2, 0) is 12.8 Å². The smallest absolute Gasteiger partial charge is 0.128 e. The van der Waals surface area contributed by atoms with Gasteiger partial charge in [-0.05, 0) is 54.9 Å². The largest absolute Gasteiger partial charge is 0.241 e. The fourth-order valence-corrected chi connectivity index (χ4v) is 7.24. The zero-order valence-electron chi connectivity index (χ0n) is 23.6. The zero-order chi connectivity index (χ0) is 24.6. The quantitative estimate of drug-likeness (QED) is 0.206. The van der Waals surface area contributed by atoms with Gasteiger partial charge in [0.2, 0.25) is 0 Å². The SMILES string of the molecule is CCCCCCCCCCCCc1cnc(CC(C2CCCCC2)C2CCC(CCC)CC2)nc1. The van der Waals surface area contributed by atoms with Crippen molar-refractivity contribution < 1.29 is 0 Å². The van der Waals surface area contributed by atoms with E-state index in [-0.39, 0.29) is 0 Å². The molecule has 2 nitrogen and oxygen atoms in total. The van der Waals surface area contributed by atoms with Gasteiger partial charge in [-0.15, -0.1) is 0 Å². The Morgan fingerprint density at radius 3 is 1.83 bits per heavy atom. The Labute approximate surface area is 218 Å². The third-order valence-corrected chi connectivity index (χ3v) is 9.45. The van der Waals surface area contributed by atoms with Crippen molar-refractivity contribution in [3.05, 3.63) is 23.8 Å². The summed E-state index contributed by atoms with van der Waals surface area (Å²) in [5.41, 5.74) is 1.35. The molecule has 2 aliphatic carbocycles. The first kappa shape index (κ1) is 28.6. The Morgan fingerprint density at radius 2 is 1.23 bits per heavy atom. The van der Waals surface area contributed by atoms with E-state index in [1.54, 1.807) is 0 Å². The molecule has 2 aliphatic rings. The van der Waals surface area contributed by atoms with Gasteiger partial charge in [0.15, 0.2) is 0 Å². The Balaban J connectivity index is 1.39. The molecule has 2 fully saturated rings. The van der Waals surface area contributed by atoms with Crippen LogP contribution in [0.25, 0.3) is 0 Å². The fourth-order valence-electron chi connectivity index (χ4n) is 7.24. The highest BCUT2D eigenvalue weighted by molar-refractivity contribution is 5.06. The summed E-state index contributed by atoms with van der Waals surface area (Å²) in [7, 11) is 0. The summed E-state index contributed by atoms with van der Waals surface area (Å²) in [6, 6.07) is 0. The predicted molar refractivity (Wildman–Crippen MR) is 152 cm³/mol. The highest BCUT2D eigenvalue weighted by Gasteiger charge is 2.33. The van der Waals surface area contributed by atoms with Gasteiger partial charge in [0.25, 0.3) is 0 Å². The Morgan fingerprint density at radius 1 is 0.657 bits per heavy atom. The maximum absolute atomic E-state index is 4.91. The van der Waals surface area contributed by atoms with Gasteiger partial charge >= 0.3 is 0 Å². The average Bonchev–Trinajstić information content (AvgIpc) is 2.90. The van der Waals surface area contributed by atoms with E-state index in [2.05, 4.69) is 26.2 Å². The summed E-state index contributed by atoms with van der Waals surface area (Å²) in [6.07, 6.45) is 36.6. The molecule has 1 aromatic rings. The first-order chi connectivity index (χ1) is 17.3. The van der Waals surface area contributed by atoms with E-state index in [9.17, 15) is 0 Å². The monoisotopic (exact) mass is 482 g/mol. The molecule has 2 saturated carbocycles. The van der Waals surface area contributed by atoms with Crippen molar-refractivity contribution in [3.8, 4) is 0 Å². The lowest BCUT2D eigenvalue weighted by atomic mass is 9.66. The molecule has 0 spiro atoms. The number of rotatable bonds is 17. The molecule has 1 heterocycles. The third-order valence-electron chi connectivity index (χ3n) is 9.45. The molecular weight excluding hydrogens is 424 g/mol. The third kappa shape index (κ3) is 10.9. The van der Waals surface area contributed by atoms with Crippen LogP contribution in [0.1, 0.15) is 160 Å². The van der Waals surface area contributed by atoms with Gasteiger partial charge in [0, 0.05) is 18.8 Å². The second-order valence-electron chi connectivity index (χ2n) is 12.3. The van der Waals surface area contributed by atoms with E-state index in [4.69, 9.17) is 9.97 Å². The van der Waals surface area contributed by atoms with E-state index in [1.165, 1.54) is 140 Å². The van der Waals surface area contributed by atoms with Crippen LogP contribution in [0.15, 0.2) is 12.4 Å². The van der Waals surface area contributed by atoms with Gasteiger partial charge in [-0.2, -0.15) is 0 Å². The number of hydrogen-bond acceptors (Lipinski definition) is 2. The highest BCUT2D eigenvalue weighted by atomic mass is 14.9. The summed E-state index contributed by atoms with van der Waals surface area (Å²) >= 11 is 0. The molecule has 1 unspecified atom stereocenters. The minimum atomic E-state index is 0.825. The lowest BCUT2D eigenvalue weighted by molar-refractivity contribution is 0.121. The van der Waals surface area contributed by atoms with Gasteiger partial charge in [0.1, 0.15) is 5.82 Å². The first-order valence-corrected chi connectivity index (χ1v) is 16.1. The van der Waals surface area contributed by atoms with Crippen LogP contribution in [0.3, 0.4) is 0 Å². The van der Waals surface area contributed by atoms with Gasteiger partial charge in [0.05, 0.1) is 0 Å². The minimum absolute atomic E-state index is 0.825. The van der Waals surface area contributed by atoms with Crippen LogP contribution >= 0.6 is 0 Å². The van der Waals surface area contributed by atoms with E-state index in [0.717, 1.165) is 42.3 Å². The van der Waals surface area contributed by atoms with Crippen LogP contribution < -0.4 is 0 Å². The van der Waals surface area contributed by atoms with Crippen LogP contribution in [-0.4, -0.2) is 9.97 Å². The predicted octanol–water partition coefficient (Wildman–Crippen LogP) is 10.3. The molecule has 0 bridgehead atoms. The van der Waals surface area contributed by atoms with Gasteiger partial charge in [-0.25, -0.2) is 9.97 Å². The topological polar surface area (TPSA) is 25.8 Å². The zero-order valence-corrected chi connectivity index (χ0v) is 23.6. The Bertz CT molecular complexity index is 625. The van der Waals surface area contributed by atoms with Crippen molar-refractivity contribution in [1.29, 1.82) is 0 Å². The number of aryl methyl sites for hydroxylation is 1. The number of unbranched alkanes of at least 4 members (excludes halogenated alkanes) is 9. The van der Waals surface area contributed by atoms with Gasteiger partial charge in [-0.3, -0.25) is 0 Å². The molecule has 0 N–H and O–H groups in total. The molecule has 1 atom stereocenters. The molecule has 3 rings (SSSR count). The van der Waals surface area contributed by atoms with E-state index >= 15 is 0 Å². The Kier molecular flexibility index (Phi) is 14.3. The lowest BCUT2D eigenvalue weighted by Gasteiger charge is -2.39. The maximum atomic E-state index is 4.91. The highest BCUT2D eigenvalue weighted by Crippen LogP contribution is 2.43. The maximum Gasteiger partial charge on any atom is 0.128 e. The second kappa shape index (κ2) is 17.5. The number of aromatic nitrogens is 2. The number of hydrogen-bond donors (Lipinski definition) is 0. The van der Waals surface area contributed by atoms with Gasteiger partial charge in [-0.1, -0.05) is 129 Å². The average molecular weight is 483 g/mol. The normalized spacial score (nSPS) is 22.3. The summed E-state index contributed by atoms with van der Waals surface area (Å²) in [5.74, 6) is 4.80. The Hall–Kier alpha value is -0.920. The molecule has 0 amide bonds. The molecule has 0 radical (unpaired) electrons. The molecule has 200 valence electrons. The van der Waals surface area contributed by atoms with Crippen LogP contribution in [0, 0.1) is 23.7 Å². The molecule has 0 aromatic carbocycles. The molecule has 35 heavy (non-hydrogen) atoms. The summed E-state index contributed by atoms with van der Waals surface area (Å²) in [5, 5.41) is 0. The van der Waals surface area contributed by atoms with Crippen LogP contribution in [0.2, 0.25) is 0 Å². The molecular formula is C33H58N2. The standard InChI is InChI=1S/C33H58N2/c1-3-5-6-7-8-9-10-11-12-14-18-29-26-34-33(35-27-29)25-32(30-19-15-13-16-20-30)31-23-21-28(17-4-2)22-24-31/h26-28,30-32H,3-25H2,1-2H3. The summed E-state index contributed by atoms with van der Waals surface area (Å²) in [6.45, 7) is 4.65. The molecule has 0 saturated heterocycles.